The second kappa shape index (κ2) is 10.5. The molecule has 2 rings (SSSR count). The summed E-state index contributed by atoms with van der Waals surface area (Å²) >= 11 is 0. The Balaban J connectivity index is 2.12. The van der Waals surface area contributed by atoms with E-state index in [2.05, 4.69) is 5.32 Å². The average molecular weight is 385 g/mol. The summed E-state index contributed by atoms with van der Waals surface area (Å²) in [6.07, 6.45) is 0.0740. The lowest BCUT2D eigenvalue weighted by atomic mass is 10.1. The van der Waals surface area contributed by atoms with E-state index in [1.54, 1.807) is 49.4 Å². The van der Waals surface area contributed by atoms with Gasteiger partial charge in [-0.1, -0.05) is 0 Å². The normalized spacial score (nSPS) is 10.6. The van der Waals surface area contributed by atoms with Crippen LogP contribution in [-0.2, 0) is 16.1 Å². The molecule has 0 unspecified atom stereocenters. The maximum absolute atomic E-state index is 12.6. The lowest BCUT2D eigenvalue weighted by molar-refractivity contribution is 0.0526. The lowest BCUT2D eigenvalue weighted by Crippen LogP contribution is -2.13. The second-order valence-electron chi connectivity index (χ2n) is 6.37. The summed E-state index contributed by atoms with van der Waals surface area (Å²) < 4.78 is 16.2. The van der Waals surface area contributed by atoms with Crippen molar-refractivity contribution in [3.63, 3.8) is 0 Å². The zero-order valence-electron chi connectivity index (χ0n) is 16.8. The first kappa shape index (κ1) is 21.4. The molecule has 0 aliphatic rings. The Morgan fingerprint density at radius 1 is 0.964 bits per heavy atom. The molecule has 6 nitrogen and oxygen atoms in total. The topological polar surface area (TPSA) is 73.9 Å². The molecule has 0 saturated heterocycles. The fourth-order valence-electron chi connectivity index (χ4n) is 2.49. The SMILES string of the molecule is CCOC(=O)c1ccc(NC(=O)c2ccc(OCC)c(COC(C)C)c2)cc1. The first-order chi connectivity index (χ1) is 13.4. The Bertz CT molecular complexity index is 799. The van der Waals surface area contributed by atoms with Crippen molar-refractivity contribution in [2.75, 3.05) is 18.5 Å². The van der Waals surface area contributed by atoms with Gasteiger partial charge in [0.15, 0.2) is 0 Å². The maximum atomic E-state index is 12.6. The molecular formula is C22H27NO5. The number of hydrogen-bond acceptors (Lipinski definition) is 5. The summed E-state index contributed by atoms with van der Waals surface area (Å²) in [4.78, 5) is 24.3. The number of anilines is 1. The zero-order chi connectivity index (χ0) is 20.5. The highest BCUT2D eigenvalue weighted by Gasteiger charge is 2.13. The van der Waals surface area contributed by atoms with Crippen LogP contribution in [0.5, 0.6) is 5.75 Å². The van der Waals surface area contributed by atoms with Gasteiger partial charge in [-0.05, 0) is 70.2 Å². The van der Waals surface area contributed by atoms with Crippen molar-refractivity contribution in [1.29, 1.82) is 0 Å². The van der Waals surface area contributed by atoms with Gasteiger partial charge in [-0.15, -0.1) is 0 Å². The van der Waals surface area contributed by atoms with Gasteiger partial charge in [-0.3, -0.25) is 4.79 Å². The highest BCUT2D eigenvalue weighted by Crippen LogP contribution is 2.23. The predicted molar refractivity (Wildman–Crippen MR) is 108 cm³/mol. The molecule has 0 spiro atoms. The van der Waals surface area contributed by atoms with E-state index in [4.69, 9.17) is 14.2 Å². The Kier molecular flexibility index (Phi) is 8.02. The molecule has 0 heterocycles. The fourth-order valence-corrected chi connectivity index (χ4v) is 2.49. The molecule has 0 fully saturated rings. The number of carbonyl (C=O) groups excluding carboxylic acids is 2. The van der Waals surface area contributed by atoms with E-state index in [1.807, 2.05) is 20.8 Å². The Morgan fingerprint density at radius 3 is 2.25 bits per heavy atom. The number of nitrogens with one attached hydrogen (secondary N) is 1. The largest absolute Gasteiger partial charge is 0.494 e. The lowest BCUT2D eigenvalue weighted by Gasteiger charge is -2.14. The molecule has 0 aliphatic carbocycles. The first-order valence-corrected chi connectivity index (χ1v) is 9.40. The van der Waals surface area contributed by atoms with Gasteiger partial charge in [0.2, 0.25) is 0 Å². The Hall–Kier alpha value is -2.86. The highest BCUT2D eigenvalue weighted by molar-refractivity contribution is 6.04. The molecule has 0 atom stereocenters. The number of esters is 1. The third-order valence-corrected chi connectivity index (χ3v) is 3.85. The van der Waals surface area contributed by atoms with E-state index >= 15 is 0 Å². The van der Waals surface area contributed by atoms with Gasteiger partial charge < -0.3 is 19.5 Å². The summed E-state index contributed by atoms with van der Waals surface area (Å²) in [5, 5.41) is 2.83. The molecule has 2 aromatic rings. The van der Waals surface area contributed by atoms with E-state index < -0.39 is 0 Å². The summed E-state index contributed by atoms with van der Waals surface area (Å²) in [5.41, 5.74) is 2.35. The van der Waals surface area contributed by atoms with Crippen molar-refractivity contribution in [1.82, 2.24) is 0 Å². The van der Waals surface area contributed by atoms with Crippen LogP contribution in [0.15, 0.2) is 42.5 Å². The third-order valence-electron chi connectivity index (χ3n) is 3.85. The van der Waals surface area contributed by atoms with E-state index in [-0.39, 0.29) is 18.0 Å². The molecule has 150 valence electrons. The van der Waals surface area contributed by atoms with Gasteiger partial charge in [0.25, 0.3) is 5.91 Å². The van der Waals surface area contributed by atoms with Gasteiger partial charge in [-0.2, -0.15) is 0 Å². The van der Waals surface area contributed by atoms with E-state index in [1.165, 1.54) is 0 Å². The summed E-state index contributed by atoms with van der Waals surface area (Å²) in [5.74, 6) is 0.0675. The monoisotopic (exact) mass is 385 g/mol. The smallest absolute Gasteiger partial charge is 0.338 e. The number of rotatable bonds is 9. The Labute approximate surface area is 165 Å². The molecule has 0 bridgehead atoms. The summed E-state index contributed by atoms with van der Waals surface area (Å²) in [7, 11) is 0. The van der Waals surface area contributed by atoms with Crippen molar-refractivity contribution in [2.24, 2.45) is 0 Å². The quantitative estimate of drug-likeness (QED) is 0.646. The summed E-state index contributed by atoms with van der Waals surface area (Å²) in [6, 6.07) is 11.8. The van der Waals surface area contributed by atoms with Crippen LogP contribution in [0.25, 0.3) is 0 Å². The van der Waals surface area contributed by atoms with Gasteiger partial charge in [-0.25, -0.2) is 4.79 Å². The van der Waals surface area contributed by atoms with Crippen molar-refractivity contribution in [3.05, 3.63) is 59.2 Å². The first-order valence-electron chi connectivity index (χ1n) is 9.40. The minimum Gasteiger partial charge on any atom is -0.494 e. The molecule has 1 N–H and O–H groups in total. The number of hydrogen-bond donors (Lipinski definition) is 1. The number of ether oxygens (including phenoxy) is 3. The Morgan fingerprint density at radius 2 is 1.64 bits per heavy atom. The predicted octanol–water partition coefficient (Wildman–Crippen LogP) is 4.44. The van der Waals surface area contributed by atoms with Crippen LogP contribution in [0.4, 0.5) is 5.69 Å². The van der Waals surface area contributed by atoms with E-state index in [9.17, 15) is 9.59 Å². The zero-order valence-corrected chi connectivity index (χ0v) is 16.8. The average Bonchev–Trinajstić information content (AvgIpc) is 2.68. The second-order valence-corrected chi connectivity index (χ2v) is 6.37. The molecule has 1 amide bonds. The highest BCUT2D eigenvalue weighted by atomic mass is 16.5. The van der Waals surface area contributed by atoms with Crippen LogP contribution in [-0.4, -0.2) is 31.2 Å². The van der Waals surface area contributed by atoms with E-state index in [0.29, 0.717) is 42.4 Å². The van der Waals surface area contributed by atoms with Crippen LogP contribution in [0, 0.1) is 0 Å². The van der Waals surface area contributed by atoms with Gasteiger partial charge >= 0.3 is 5.97 Å². The number of amides is 1. The molecule has 0 saturated carbocycles. The van der Waals surface area contributed by atoms with E-state index in [0.717, 1.165) is 5.56 Å². The van der Waals surface area contributed by atoms with Crippen molar-refractivity contribution in [3.8, 4) is 5.75 Å². The maximum Gasteiger partial charge on any atom is 0.338 e. The minimum absolute atomic E-state index is 0.0740. The van der Waals surface area contributed by atoms with Crippen LogP contribution < -0.4 is 10.1 Å². The standard InChI is InChI=1S/C22H27NO5/c1-5-26-20-12-9-17(13-18(20)14-28-15(3)4)21(24)23-19-10-7-16(8-11-19)22(25)27-6-2/h7-13,15H,5-6,14H2,1-4H3,(H,23,24). The van der Waals surface area contributed by atoms with Gasteiger partial charge in [0.1, 0.15) is 5.75 Å². The van der Waals surface area contributed by atoms with Crippen molar-refractivity contribution >= 4 is 17.6 Å². The van der Waals surface area contributed by atoms with Crippen molar-refractivity contribution in [2.45, 2.75) is 40.4 Å². The molecule has 0 aromatic heterocycles. The minimum atomic E-state index is -0.387. The molecule has 0 aliphatic heterocycles. The van der Waals surface area contributed by atoms with Gasteiger partial charge in [0, 0.05) is 16.8 Å². The van der Waals surface area contributed by atoms with Crippen molar-refractivity contribution < 1.29 is 23.8 Å². The molecule has 6 heteroatoms. The summed E-state index contributed by atoms with van der Waals surface area (Å²) in [6.45, 7) is 8.79. The van der Waals surface area contributed by atoms with Crippen LogP contribution in [0.3, 0.4) is 0 Å². The third kappa shape index (κ3) is 6.09. The van der Waals surface area contributed by atoms with Gasteiger partial charge in [0.05, 0.1) is 31.5 Å². The number of benzene rings is 2. The van der Waals surface area contributed by atoms with Crippen LogP contribution >= 0.6 is 0 Å². The fraction of sp³-hybridized carbons (Fsp3) is 0.364. The molecule has 0 radical (unpaired) electrons. The van der Waals surface area contributed by atoms with Crippen LogP contribution in [0.2, 0.25) is 0 Å². The number of carbonyl (C=O) groups is 2. The molecule has 2 aromatic carbocycles. The molecular weight excluding hydrogens is 358 g/mol. The molecule has 28 heavy (non-hydrogen) atoms. The van der Waals surface area contributed by atoms with Crippen LogP contribution in [0.1, 0.15) is 54.0 Å².